The Morgan fingerprint density at radius 2 is 2.08 bits per heavy atom. The van der Waals surface area contributed by atoms with E-state index >= 15 is 0 Å². The van der Waals surface area contributed by atoms with Gasteiger partial charge in [0.2, 0.25) is 0 Å². The molecular weight excluding hydrogens is 382 g/mol. The van der Waals surface area contributed by atoms with E-state index in [0.717, 1.165) is 18.2 Å². The van der Waals surface area contributed by atoms with Crippen molar-refractivity contribution in [2.24, 2.45) is 0 Å². The molecule has 1 aromatic carbocycles. The van der Waals surface area contributed by atoms with Gasteiger partial charge in [0, 0.05) is 32.4 Å². The van der Waals surface area contributed by atoms with Gasteiger partial charge in [0.1, 0.15) is 5.75 Å². The highest BCUT2D eigenvalue weighted by Crippen LogP contribution is 2.29. The van der Waals surface area contributed by atoms with Gasteiger partial charge in [0.15, 0.2) is 11.7 Å². The van der Waals surface area contributed by atoms with E-state index in [2.05, 4.69) is 15.4 Å². The lowest BCUT2D eigenvalue weighted by atomic mass is 10.2. The third-order valence-electron chi connectivity index (χ3n) is 2.92. The van der Waals surface area contributed by atoms with Crippen LogP contribution in [-0.2, 0) is 4.74 Å². The fourth-order valence-corrected chi connectivity index (χ4v) is 1.90. The van der Waals surface area contributed by atoms with Crippen LogP contribution >= 0.6 is 12.2 Å². The molecule has 0 unspecified atom stereocenters. The number of hydrogen-bond acceptors (Lipinski definition) is 5. The number of ether oxygens (including phenoxy) is 2. The minimum atomic E-state index is -4.38. The van der Waals surface area contributed by atoms with Gasteiger partial charge in [-0.2, -0.15) is 8.78 Å². The Morgan fingerprint density at radius 1 is 1.38 bits per heavy atom. The quantitative estimate of drug-likeness (QED) is 0.205. The number of anilines is 1. The van der Waals surface area contributed by atoms with Gasteiger partial charge in [-0.15, -0.1) is 0 Å². The Kier molecular flexibility index (Phi) is 8.45. The zero-order valence-electron chi connectivity index (χ0n) is 13.6. The van der Waals surface area contributed by atoms with E-state index < -0.39 is 29.6 Å². The number of nitro benzene ring substituents is 1. The maximum Gasteiger partial charge on any atom is 0.340 e. The van der Waals surface area contributed by atoms with E-state index in [1.54, 1.807) is 7.11 Å². The van der Waals surface area contributed by atoms with Gasteiger partial charge in [0.25, 0.3) is 5.69 Å². The van der Waals surface area contributed by atoms with Crippen molar-refractivity contribution >= 4 is 28.7 Å². The summed E-state index contributed by atoms with van der Waals surface area (Å²) in [5.41, 5.74) is -0.397. The van der Waals surface area contributed by atoms with Crippen molar-refractivity contribution < 1.29 is 32.0 Å². The molecule has 2 N–H and O–H groups in total. The largest absolute Gasteiger partial charge is 0.487 e. The molecule has 0 amide bonds. The molecular formula is C14H17F4N3O4S. The summed E-state index contributed by atoms with van der Waals surface area (Å²) in [4.78, 5) is 10.2. The number of methoxy groups -OCH3 is 1. The number of nitro groups is 1. The summed E-state index contributed by atoms with van der Waals surface area (Å²) in [7, 11) is 1.54. The second kappa shape index (κ2) is 10.1. The third-order valence-corrected chi connectivity index (χ3v) is 3.17. The van der Waals surface area contributed by atoms with Crippen molar-refractivity contribution in [3.63, 3.8) is 0 Å². The summed E-state index contributed by atoms with van der Waals surface area (Å²) < 4.78 is 59.7. The van der Waals surface area contributed by atoms with Crippen LogP contribution in [0.15, 0.2) is 18.2 Å². The van der Waals surface area contributed by atoms with Crippen LogP contribution < -0.4 is 15.4 Å². The SMILES string of the molecule is COCCCNC(=S)Nc1cc(OCC(F)(F)C(F)F)cc([N+](=O)[O-])c1. The second-order valence-electron chi connectivity index (χ2n) is 5.05. The van der Waals surface area contributed by atoms with E-state index in [0.29, 0.717) is 19.6 Å². The predicted molar refractivity (Wildman–Crippen MR) is 90.3 cm³/mol. The van der Waals surface area contributed by atoms with Gasteiger partial charge >= 0.3 is 12.3 Å². The van der Waals surface area contributed by atoms with Crippen molar-refractivity contribution in [3.05, 3.63) is 28.3 Å². The molecule has 146 valence electrons. The van der Waals surface area contributed by atoms with Gasteiger partial charge in [-0.25, -0.2) is 8.78 Å². The zero-order valence-corrected chi connectivity index (χ0v) is 14.5. The van der Waals surface area contributed by atoms with Crippen LogP contribution in [0.25, 0.3) is 0 Å². The standard InChI is InChI=1S/C14H17F4N3O4S/c1-24-4-2-3-19-13(26)20-9-5-10(21(22)23)7-11(6-9)25-8-14(17,18)12(15)16/h5-7,12H,2-4,8H2,1H3,(H2,19,20,26). The minimum absolute atomic E-state index is 0.0822. The lowest BCUT2D eigenvalue weighted by Gasteiger charge is -2.16. The lowest BCUT2D eigenvalue weighted by molar-refractivity contribution is -0.384. The van der Waals surface area contributed by atoms with E-state index in [-0.39, 0.29) is 16.5 Å². The first-order valence-electron chi connectivity index (χ1n) is 7.27. The number of alkyl halides is 4. The number of nitrogens with one attached hydrogen (secondary N) is 2. The van der Waals surface area contributed by atoms with Gasteiger partial charge in [-0.3, -0.25) is 10.1 Å². The molecule has 1 rings (SSSR count). The Hall–Kier alpha value is -2.21. The van der Waals surface area contributed by atoms with Crippen LogP contribution in [0.1, 0.15) is 6.42 Å². The molecule has 12 heteroatoms. The van der Waals surface area contributed by atoms with E-state index in [1.165, 1.54) is 0 Å². The number of nitrogens with zero attached hydrogens (tertiary/aromatic N) is 1. The average Bonchev–Trinajstić information content (AvgIpc) is 2.56. The van der Waals surface area contributed by atoms with Crippen LogP contribution in [0.4, 0.5) is 28.9 Å². The predicted octanol–water partition coefficient (Wildman–Crippen LogP) is 3.20. The van der Waals surface area contributed by atoms with Crippen LogP contribution in [0.2, 0.25) is 0 Å². The highest BCUT2D eigenvalue weighted by atomic mass is 32.1. The van der Waals surface area contributed by atoms with E-state index in [4.69, 9.17) is 17.0 Å². The zero-order chi connectivity index (χ0) is 19.7. The minimum Gasteiger partial charge on any atom is -0.487 e. The number of thiocarbonyl (C=S) groups is 1. The van der Waals surface area contributed by atoms with Crippen LogP contribution in [0.3, 0.4) is 0 Å². The molecule has 7 nitrogen and oxygen atoms in total. The van der Waals surface area contributed by atoms with Crippen LogP contribution in [-0.4, -0.2) is 49.3 Å². The summed E-state index contributed by atoms with van der Waals surface area (Å²) in [6.07, 6.45) is -3.26. The maximum absolute atomic E-state index is 12.9. The molecule has 0 atom stereocenters. The third kappa shape index (κ3) is 7.35. The summed E-state index contributed by atoms with van der Waals surface area (Å²) >= 11 is 5.00. The van der Waals surface area contributed by atoms with Gasteiger partial charge in [0.05, 0.1) is 16.7 Å². The highest BCUT2D eigenvalue weighted by Gasteiger charge is 2.41. The molecule has 0 fully saturated rings. The number of rotatable bonds is 10. The van der Waals surface area contributed by atoms with Gasteiger partial charge in [-0.1, -0.05) is 0 Å². The normalized spacial score (nSPS) is 11.3. The number of halogens is 4. The molecule has 0 saturated carbocycles. The van der Waals surface area contributed by atoms with E-state index in [1.807, 2.05) is 0 Å². The molecule has 0 aliphatic rings. The second-order valence-corrected chi connectivity index (χ2v) is 5.46. The molecule has 26 heavy (non-hydrogen) atoms. The molecule has 0 heterocycles. The number of hydrogen-bond donors (Lipinski definition) is 2. The smallest absolute Gasteiger partial charge is 0.340 e. The molecule has 0 saturated heterocycles. The average molecular weight is 399 g/mol. The van der Waals surface area contributed by atoms with Crippen molar-refractivity contribution in [2.75, 3.05) is 32.2 Å². The maximum atomic E-state index is 12.9. The summed E-state index contributed by atoms with van der Waals surface area (Å²) in [6.45, 7) is -0.647. The Labute approximate surface area is 151 Å². The summed E-state index contributed by atoms with van der Waals surface area (Å²) in [5.74, 6) is -4.75. The summed E-state index contributed by atoms with van der Waals surface area (Å²) in [6, 6.07) is 3.08. The first-order chi connectivity index (χ1) is 12.2. The number of benzene rings is 1. The monoisotopic (exact) mass is 399 g/mol. The topological polar surface area (TPSA) is 85.7 Å². The molecule has 0 aromatic heterocycles. The van der Waals surface area contributed by atoms with Crippen molar-refractivity contribution in [3.8, 4) is 5.75 Å². The van der Waals surface area contributed by atoms with Crippen LogP contribution in [0.5, 0.6) is 5.75 Å². The Bertz CT molecular complexity index is 634. The first-order valence-corrected chi connectivity index (χ1v) is 7.68. The lowest BCUT2D eigenvalue weighted by Crippen LogP contribution is -2.33. The fourth-order valence-electron chi connectivity index (χ4n) is 1.68. The highest BCUT2D eigenvalue weighted by molar-refractivity contribution is 7.80. The molecule has 0 bridgehead atoms. The van der Waals surface area contributed by atoms with Crippen molar-refractivity contribution in [1.82, 2.24) is 5.32 Å². The fraction of sp³-hybridized carbons (Fsp3) is 0.500. The van der Waals surface area contributed by atoms with Crippen molar-refractivity contribution in [2.45, 2.75) is 18.8 Å². The Morgan fingerprint density at radius 3 is 2.65 bits per heavy atom. The number of non-ortho nitro benzene ring substituents is 1. The molecule has 0 aliphatic heterocycles. The molecule has 0 radical (unpaired) electrons. The first kappa shape index (κ1) is 21.8. The molecule has 0 aliphatic carbocycles. The summed E-state index contributed by atoms with van der Waals surface area (Å²) in [5, 5.41) is 16.5. The van der Waals surface area contributed by atoms with Crippen molar-refractivity contribution in [1.29, 1.82) is 0 Å². The van der Waals surface area contributed by atoms with Gasteiger partial charge in [-0.05, 0) is 18.6 Å². The Balaban J connectivity index is 2.81. The molecule has 1 aromatic rings. The molecule has 0 spiro atoms. The van der Waals surface area contributed by atoms with Crippen LogP contribution in [0, 0.1) is 10.1 Å². The van der Waals surface area contributed by atoms with Gasteiger partial charge < -0.3 is 20.1 Å². The van der Waals surface area contributed by atoms with E-state index in [9.17, 15) is 27.7 Å².